The number of oxazole rings is 1. The summed E-state index contributed by atoms with van der Waals surface area (Å²) >= 11 is 0. The predicted octanol–water partition coefficient (Wildman–Crippen LogP) is 5.07. The topological polar surface area (TPSA) is 55.1 Å². The molecule has 0 bridgehead atoms. The summed E-state index contributed by atoms with van der Waals surface area (Å²) in [6, 6.07) is 25.3. The van der Waals surface area contributed by atoms with Crippen LogP contribution in [-0.2, 0) is 11.2 Å². The van der Waals surface area contributed by atoms with Crippen LogP contribution < -0.4 is 5.32 Å². The summed E-state index contributed by atoms with van der Waals surface area (Å²) < 4.78 is 5.80. The van der Waals surface area contributed by atoms with Crippen molar-refractivity contribution in [3.05, 3.63) is 84.4 Å². The van der Waals surface area contributed by atoms with Gasteiger partial charge in [0.15, 0.2) is 5.58 Å². The molecule has 4 heteroatoms. The van der Waals surface area contributed by atoms with E-state index in [1.165, 1.54) is 0 Å². The quantitative estimate of drug-likeness (QED) is 0.551. The zero-order chi connectivity index (χ0) is 17.8. The molecular formula is C22H18N2O2. The Balaban J connectivity index is 1.46. The molecule has 0 aliphatic carbocycles. The van der Waals surface area contributed by atoms with Crippen LogP contribution in [0.3, 0.4) is 0 Å². The van der Waals surface area contributed by atoms with Gasteiger partial charge in [-0.3, -0.25) is 4.79 Å². The molecule has 0 saturated heterocycles. The van der Waals surface area contributed by atoms with Crippen molar-refractivity contribution >= 4 is 22.7 Å². The SMILES string of the molecule is O=C(CCc1ccccc1)Nc1ccc2oc(-c3ccccc3)nc2c1. The predicted molar refractivity (Wildman–Crippen MR) is 103 cm³/mol. The average molecular weight is 342 g/mol. The lowest BCUT2D eigenvalue weighted by Crippen LogP contribution is -2.12. The van der Waals surface area contributed by atoms with E-state index in [9.17, 15) is 4.79 Å². The third-order valence-electron chi connectivity index (χ3n) is 4.18. The summed E-state index contributed by atoms with van der Waals surface area (Å²) in [5.41, 5.74) is 4.23. The highest BCUT2D eigenvalue weighted by Crippen LogP contribution is 2.26. The number of rotatable bonds is 5. The molecule has 4 rings (SSSR count). The smallest absolute Gasteiger partial charge is 0.227 e. The number of nitrogens with zero attached hydrogens (tertiary/aromatic N) is 1. The molecule has 1 N–H and O–H groups in total. The molecule has 128 valence electrons. The minimum absolute atomic E-state index is 0.0139. The number of anilines is 1. The summed E-state index contributed by atoms with van der Waals surface area (Å²) in [5, 5.41) is 2.93. The van der Waals surface area contributed by atoms with Crippen molar-refractivity contribution < 1.29 is 9.21 Å². The molecule has 0 spiro atoms. The molecular weight excluding hydrogens is 324 g/mol. The Kier molecular flexibility index (Phi) is 4.48. The summed E-state index contributed by atoms with van der Waals surface area (Å²) in [4.78, 5) is 16.7. The Hall–Kier alpha value is -3.40. The van der Waals surface area contributed by atoms with Gasteiger partial charge < -0.3 is 9.73 Å². The second kappa shape index (κ2) is 7.23. The number of carbonyl (C=O) groups excluding carboxylic acids is 1. The average Bonchev–Trinajstić information content (AvgIpc) is 3.11. The number of hydrogen-bond acceptors (Lipinski definition) is 3. The van der Waals surface area contributed by atoms with Crippen LogP contribution in [0.25, 0.3) is 22.6 Å². The zero-order valence-electron chi connectivity index (χ0n) is 14.2. The first-order chi connectivity index (χ1) is 12.8. The van der Waals surface area contributed by atoms with Crippen molar-refractivity contribution in [1.82, 2.24) is 4.98 Å². The fourth-order valence-corrected chi connectivity index (χ4v) is 2.84. The van der Waals surface area contributed by atoms with E-state index in [0.717, 1.165) is 28.8 Å². The molecule has 4 aromatic rings. The number of fused-ring (bicyclic) bond motifs is 1. The summed E-state index contributed by atoms with van der Waals surface area (Å²) in [7, 11) is 0. The van der Waals surface area contributed by atoms with Crippen LogP contribution in [0.1, 0.15) is 12.0 Å². The van der Waals surface area contributed by atoms with Crippen LogP contribution in [0.2, 0.25) is 0 Å². The number of carbonyl (C=O) groups is 1. The van der Waals surface area contributed by atoms with Crippen LogP contribution in [0.4, 0.5) is 5.69 Å². The van der Waals surface area contributed by atoms with Crippen LogP contribution in [0.15, 0.2) is 83.3 Å². The van der Waals surface area contributed by atoms with E-state index in [4.69, 9.17) is 4.42 Å². The summed E-state index contributed by atoms with van der Waals surface area (Å²) in [5.74, 6) is 0.563. The minimum Gasteiger partial charge on any atom is -0.436 e. The molecule has 0 saturated carbocycles. The molecule has 0 radical (unpaired) electrons. The molecule has 3 aromatic carbocycles. The Morgan fingerprint density at radius 2 is 1.65 bits per heavy atom. The van der Waals surface area contributed by atoms with Crippen molar-refractivity contribution in [2.75, 3.05) is 5.32 Å². The maximum absolute atomic E-state index is 12.2. The van der Waals surface area contributed by atoms with E-state index in [2.05, 4.69) is 10.3 Å². The summed E-state index contributed by atoms with van der Waals surface area (Å²) in [6.45, 7) is 0. The first-order valence-electron chi connectivity index (χ1n) is 8.58. The monoisotopic (exact) mass is 342 g/mol. The molecule has 4 nitrogen and oxygen atoms in total. The Morgan fingerprint density at radius 3 is 2.42 bits per heavy atom. The van der Waals surface area contributed by atoms with E-state index in [1.54, 1.807) is 0 Å². The van der Waals surface area contributed by atoms with Crippen LogP contribution in [0, 0.1) is 0 Å². The molecule has 0 aliphatic rings. The third-order valence-corrected chi connectivity index (χ3v) is 4.18. The minimum atomic E-state index is -0.0139. The van der Waals surface area contributed by atoms with Crippen molar-refractivity contribution in [1.29, 1.82) is 0 Å². The van der Waals surface area contributed by atoms with Gasteiger partial charge in [0, 0.05) is 17.7 Å². The van der Waals surface area contributed by atoms with Crippen molar-refractivity contribution in [3.63, 3.8) is 0 Å². The third kappa shape index (κ3) is 3.64. The molecule has 0 aliphatic heterocycles. The Labute approximate surface area is 151 Å². The first kappa shape index (κ1) is 16.1. The molecule has 0 fully saturated rings. The van der Waals surface area contributed by atoms with Gasteiger partial charge in [-0.05, 0) is 42.3 Å². The van der Waals surface area contributed by atoms with Gasteiger partial charge in [0.2, 0.25) is 11.8 Å². The first-order valence-corrected chi connectivity index (χ1v) is 8.58. The largest absolute Gasteiger partial charge is 0.436 e. The maximum Gasteiger partial charge on any atom is 0.227 e. The van der Waals surface area contributed by atoms with Gasteiger partial charge >= 0.3 is 0 Å². The second-order valence-electron chi connectivity index (χ2n) is 6.10. The standard InChI is InChI=1S/C22H18N2O2/c25-21(14-11-16-7-3-1-4-8-16)23-18-12-13-20-19(15-18)24-22(26-20)17-9-5-2-6-10-17/h1-10,12-13,15H,11,14H2,(H,23,25). The maximum atomic E-state index is 12.2. The highest BCUT2D eigenvalue weighted by Gasteiger charge is 2.10. The van der Waals surface area contributed by atoms with Crippen LogP contribution >= 0.6 is 0 Å². The summed E-state index contributed by atoms with van der Waals surface area (Å²) in [6.07, 6.45) is 1.16. The lowest BCUT2D eigenvalue weighted by Gasteiger charge is -2.05. The van der Waals surface area contributed by atoms with Crippen molar-refractivity contribution in [2.24, 2.45) is 0 Å². The van der Waals surface area contributed by atoms with Crippen molar-refractivity contribution in [3.8, 4) is 11.5 Å². The molecule has 0 atom stereocenters. The zero-order valence-corrected chi connectivity index (χ0v) is 14.2. The van der Waals surface area contributed by atoms with E-state index in [0.29, 0.717) is 17.9 Å². The lowest BCUT2D eigenvalue weighted by molar-refractivity contribution is -0.116. The normalized spacial score (nSPS) is 10.8. The van der Waals surface area contributed by atoms with E-state index in [-0.39, 0.29) is 5.91 Å². The van der Waals surface area contributed by atoms with E-state index >= 15 is 0 Å². The fraction of sp³-hybridized carbons (Fsp3) is 0.0909. The van der Waals surface area contributed by atoms with Gasteiger partial charge in [0.05, 0.1) is 0 Å². The number of nitrogens with one attached hydrogen (secondary N) is 1. The van der Waals surface area contributed by atoms with Crippen LogP contribution in [0.5, 0.6) is 0 Å². The van der Waals surface area contributed by atoms with Crippen LogP contribution in [-0.4, -0.2) is 10.9 Å². The highest BCUT2D eigenvalue weighted by molar-refractivity contribution is 5.93. The number of amides is 1. The molecule has 26 heavy (non-hydrogen) atoms. The number of benzene rings is 3. The van der Waals surface area contributed by atoms with E-state index in [1.807, 2.05) is 78.9 Å². The molecule has 1 amide bonds. The van der Waals surface area contributed by atoms with Crippen molar-refractivity contribution in [2.45, 2.75) is 12.8 Å². The molecule has 1 aromatic heterocycles. The van der Waals surface area contributed by atoms with Gasteiger partial charge in [-0.2, -0.15) is 0 Å². The van der Waals surface area contributed by atoms with Gasteiger partial charge in [-0.1, -0.05) is 48.5 Å². The number of aromatic nitrogens is 1. The Bertz CT molecular complexity index is 1020. The highest BCUT2D eigenvalue weighted by atomic mass is 16.3. The number of hydrogen-bond donors (Lipinski definition) is 1. The lowest BCUT2D eigenvalue weighted by atomic mass is 10.1. The second-order valence-corrected chi connectivity index (χ2v) is 6.10. The van der Waals surface area contributed by atoms with Gasteiger partial charge in [-0.15, -0.1) is 0 Å². The fourth-order valence-electron chi connectivity index (χ4n) is 2.84. The van der Waals surface area contributed by atoms with Gasteiger partial charge in [0.25, 0.3) is 0 Å². The van der Waals surface area contributed by atoms with E-state index < -0.39 is 0 Å². The van der Waals surface area contributed by atoms with Gasteiger partial charge in [-0.25, -0.2) is 4.98 Å². The Morgan fingerprint density at radius 1 is 0.923 bits per heavy atom. The molecule has 1 heterocycles. The van der Waals surface area contributed by atoms with Gasteiger partial charge in [0.1, 0.15) is 5.52 Å². The number of aryl methyl sites for hydroxylation is 1. The molecule has 0 unspecified atom stereocenters.